The number of carboxylic acids is 1. The second-order valence-electron chi connectivity index (χ2n) is 0.519. The van der Waals surface area contributed by atoms with E-state index in [2.05, 4.69) is 0 Å². The van der Waals surface area contributed by atoms with Gasteiger partial charge in [-0.15, -0.1) is 0 Å². The Hall–Kier alpha value is 0.976. The molecule has 0 spiro atoms. The van der Waals surface area contributed by atoms with Crippen LogP contribution in [0.2, 0.25) is 0 Å². The van der Waals surface area contributed by atoms with Gasteiger partial charge in [-0.05, 0) is 0 Å². The van der Waals surface area contributed by atoms with Crippen molar-refractivity contribution < 1.29 is 35.1 Å². The maximum absolute atomic E-state index is 9.00. The van der Waals surface area contributed by atoms with Gasteiger partial charge in [0.05, 0.1) is 0 Å². The van der Waals surface area contributed by atoms with Gasteiger partial charge in [0.1, 0.15) is 0 Å². The zero-order valence-electron chi connectivity index (χ0n) is 5.36. The van der Waals surface area contributed by atoms with Crippen molar-refractivity contribution in [2.45, 2.75) is 6.92 Å². The van der Waals surface area contributed by atoms with E-state index in [1.807, 2.05) is 0 Å². The van der Waals surface area contributed by atoms with E-state index in [1.54, 1.807) is 0 Å². The maximum Gasteiger partial charge on any atom is 2.00 e. The van der Waals surface area contributed by atoms with Crippen LogP contribution in [0.5, 0.6) is 0 Å². The Morgan fingerprint density at radius 3 is 1.83 bits per heavy atom. The average Bonchev–Trinajstić information content (AvgIpc) is 0.811. The molecule has 0 aromatic carbocycles. The van der Waals surface area contributed by atoms with Crippen molar-refractivity contribution in [3.8, 4) is 0 Å². The molecular weight excluding hydrogens is 277 g/mol. The Morgan fingerprint density at radius 1 is 1.83 bits per heavy atom. The first-order valence-electron chi connectivity index (χ1n) is 0.928. The zero-order chi connectivity index (χ0) is 3.58. The first-order chi connectivity index (χ1) is 1.73. The van der Waals surface area contributed by atoms with Crippen molar-refractivity contribution in [2.24, 2.45) is 0 Å². The average molecular weight is 283 g/mol. The molecule has 0 saturated heterocycles. The van der Waals surface area contributed by atoms with Crippen LogP contribution in [-0.4, -0.2) is 34.1 Å². The van der Waals surface area contributed by atoms with Crippen molar-refractivity contribution in [2.75, 3.05) is 0 Å². The zero-order valence-corrected chi connectivity index (χ0v) is 6.94. The normalized spacial score (nSPS) is 4.17. The van der Waals surface area contributed by atoms with Crippen LogP contribution in [0.3, 0.4) is 0 Å². The summed E-state index contributed by atoms with van der Waals surface area (Å²) >= 11 is 0. The van der Waals surface area contributed by atoms with Crippen molar-refractivity contribution in [1.82, 2.24) is 0 Å². The Kier molecular flexibility index (Phi) is 24.6. The fraction of sp³-hybridized carbons (Fsp3) is 0.500. The summed E-state index contributed by atoms with van der Waals surface area (Å²) in [4.78, 5) is 9.00. The van der Waals surface area contributed by atoms with E-state index in [4.69, 9.17) is 9.90 Å². The molecule has 0 bridgehead atoms. The van der Waals surface area contributed by atoms with Gasteiger partial charge >= 0.3 is 23.1 Å². The van der Waals surface area contributed by atoms with Crippen molar-refractivity contribution in [1.29, 1.82) is 0 Å². The Morgan fingerprint density at radius 2 is 1.83 bits per heavy atom. The van der Waals surface area contributed by atoms with Crippen LogP contribution in [0.1, 0.15) is 9.78 Å². The molecular formula is C2H6AuMgO2. The molecule has 0 aromatic rings. The maximum atomic E-state index is 9.00. The van der Waals surface area contributed by atoms with Crippen LogP contribution >= 0.6 is 0 Å². The van der Waals surface area contributed by atoms with Crippen LogP contribution in [0, 0.1) is 0 Å². The van der Waals surface area contributed by atoms with Crippen LogP contribution in [0.4, 0.5) is 0 Å². The van der Waals surface area contributed by atoms with Gasteiger partial charge in [0.15, 0.2) is 0 Å². The summed E-state index contributed by atoms with van der Waals surface area (Å²) in [6, 6.07) is 0. The molecule has 0 atom stereocenters. The van der Waals surface area contributed by atoms with Gasteiger partial charge in [0, 0.05) is 29.3 Å². The van der Waals surface area contributed by atoms with Gasteiger partial charge in [0.2, 0.25) is 0 Å². The summed E-state index contributed by atoms with van der Waals surface area (Å²) in [7, 11) is 0. The minimum Gasteiger partial charge on any atom is -1.00 e. The monoisotopic (exact) mass is 283 g/mol. The van der Waals surface area contributed by atoms with E-state index in [0.717, 1.165) is 6.92 Å². The number of hydrogen-bond acceptors (Lipinski definition) is 1. The first kappa shape index (κ1) is 15.8. The Labute approximate surface area is 70.9 Å². The second-order valence-corrected chi connectivity index (χ2v) is 0.519. The van der Waals surface area contributed by atoms with Crippen LogP contribution in [0.25, 0.3) is 0 Å². The third-order valence-corrected chi connectivity index (χ3v) is 0. The van der Waals surface area contributed by atoms with E-state index >= 15 is 0 Å². The molecule has 0 amide bonds. The smallest absolute Gasteiger partial charge is 1.00 e. The van der Waals surface area contributed by atoms with Crippen LogP contribution in [-0.2, 0) is 27.2 Å². The quantitative estimate of drug-likeness (QED) is 0.632. The van der Waals surface area contributed by atoms with Crippen molar-refractivity contribution in [3.63, 3.8) is 0 Å². The standard InChI is InChI=1S/C2H4O2.Au.Mg.2H/c1-2(3)4;;;;/h1H3,(H,3,4);;;;/q;;+2;2*-1. The van der Waals surface area contributed by atoms with Crippen LogP contribution in [0.15, 0.2) is 0 Å². The second kappa shape index (κ2) is 9.36. The predicted molar refractivity (Wildman–Crippen MR) is 21.3 cm³/mol. The largest absolute Gasteiger partial charge is 2.00 e. The summed E-state index contributed by atoms with van der Waals surface area (Å²) in [5.41, 5.74) is 0. The Balaban J connectivity index is -0.00000000750. The molecule has 2 nitrogen and oxygen atoms in total. The molecule has 0 saturated carbocycles. The predicted octanol–water partition coefficient (Wildman–Crippen LogP) is -0.0674. The summed E-state index contributed by atoms with van der Waals surface area (Å²) < 4.78 is 0. The molecule has 4 heteroatoms. The number of carbonyl (C=O) groups is 1. The van der Waals surface area contributed by atoms with Gasteiger partial charge in [-0.1, -0.05) is 0 Å². The molecule has 0 aliphatic heterocycles. The number of hydrogen-bond donors (Lipinski definition) is 1. The SMILES string of the molecule is CC(=O)O.[Au].[H-].[H-].[Mg+2]. The number of rotatable bonds is 0. The Bertz CT molecular complexity index is 41.0. The molecule has 1 radical (unpaired) electrons. The molecule has 0 aromatic heterocycles. The summed E-state index contributed by atoms with van der Waals surface area (Å²) in [5, 5.41) is 7.42. The minimum atomic E-state index is -0.833. The molecule has 39 valence electrons. The first-order valence-corrected chi connectivity index (χ1v) is 0.928. The minimum absolute atomic E-state index is 0. The van der Waals surface area contributed by atoms with Gasteiger partial charge < -0.3 is 7.96 Å². The number of carboxylic acid groups (broad SMARTS) is 1. The topological polar surface area (TPSA) is 37.3 Å². The molecule has 0 rings (SSSR count). The molecule has 0 aliphatic rings. The van der Waals surface area contributed by atoms with E-state index in [-0.39, 0.29) is 48.3 Å². The third kappa shape index (κ3) is 82.5. The fourth-order valence-electron chi connectivity index (χ4n) is 0. The molecule has 6 heavy (non-hydrogen) atoms. The van der Waals surface area contributed by atoms with Crippen molar-refractivity contribution >= 4 is 29.0 Å². The summed E-state index contributed by atoms with van der Waals surface area (Å²) in [6.45, 7) is 1.08. The third-order valence-electron chi connectivity index (χ3n) is 0. The fourth-order valence-corrected chi connectivity index (χ4v) is 0. The van der Waals surface area contributed by atoms with Gasteiger partial charge in [-0.3, -0.25) is 4.79 Å². The van der Waals surface area contributed by atoms with E-state index in [0.29, 0.717) is 0 Å². The van der Waals surface area contributed by atoms with Crippen molar-refractivity contribution in [3.05, 3.63) is 0 Å². The van der Waals surface area contributed by atoms with E-state index in [1.165, 1.54) is 0 Å². The summed E-state index contributed by atoms with van der Waals surface area (Å²) in [5.74, 6) is -0.833. The van der Waals surface area contributed by atoms with Gasteiger partial charge in [-0.2, -0.15) is 0 Å². The van der Waals surface area contributed by atoms with Gasteiger partial charge in [-0.25, -0.2) is 0 Å². The van der Waals surface area contributed by atoms with E-state index < -0.39 is 5.97 Å². The van der Waals surface area contributed by atoms with Crippen LogP contribution < -0.4 is 0 Å². The van der Waals surface area contributed by atoms with Gasteiger partial charge in [0.25, 0.3) is 5.97 Å². The summed E-state index contributed by atoms with van der Waals surface area (Å²) in [6.07, 6.45) is 0. The molecule has 0 aliphatic carbocycles. The molecule has 0 heterocycles. The molecule has 0 unspecified atom stereocenters. The molecule has 1 N–H and O–H groups in total. The molecule has 0 fully saturated rings. The van der Waals surface area contributed by atoms with E-state index in [9.17, 15) is 0 Å². The number of aliphatic carboxylic acids is 1.